The third kappa shape index (κ3) is 1.67. The van der Waals surface area contributed by atoms with Gasteiger partial charge in [-0.3, -0.25) is 0 Å². The molecule has 1 nitrogen and oxygen atoms in total. The van der Waals surface area contributed by atoms with Crippen molar-refractivity contribution < 1.29 is 5.11 Å². The van der Waals surface area contributed by atoms with Crippen molar-refractivity contribution in [1.29, 1.82) is 0 Å². The molecule has 1 aromatic rings. The molecule has 2 atom stereocenters. The molecule has 1 aromatic carbocycles. The van der Waals surface area contributed by atoms with Gasteiger partial charge in [0.2, 0.25) is 0 Å². The summed E-state index contributed by atoms with van der Waals surface area (Å²) in [6.45, 7) is 2.27. The monoisotopic (exact) mass is 216 g/mol. The van der Waals surface area contributed by atoms with E-state index in [4.69, 9.17) is 0 Å². The maximum absolute atomic E-state index is 10.9. The Morgan fingerprint density at radius 3 is 2.75 bits per heavy atom. The van der Waals surface area contributed by atoms with Gasteiger partial charge in [-0.25, -0.2) is 0 Å². The fraction of sp³-hybridized carbons (Fsp3) is 0.600. The first-order chi connectivity index (χ1) is 7.69. The third-order valence-electron chi connectivity index (χ3n) is 4.31. The summed E-state index contributed by atoms with van der Waals surface area (Å²) in [6, 6.07) is 8.48. The summed E-state index contributed by atoms with van der Waals surface area (Å²) in [5, 5.41) is 10.9. The van der Waals surface area contributed by atoms with Gasteiger partial charge in [-0.2, -0.15) is 0 Å². The van der Waals surface area contributed by atoms with Crippen molar-refractivity contribution in [3.8, 4) is 0 Å². The van der Waals surface area contributed by atoms with Crippen LogP contribution >= 0.6 is 0 Å². The zero-order valence-electron chi connectivity index (χ0n) is 9.95. The highest BCUT2D eigenvalue weighted by atomic mass is 16.3. The minimum Gasteiger partial charge on any atom is -0.385 e. The summed E-state index contributed by atoms with van der Waals surface area (Å²) < 4.78 is 0. The standard InChI is InChI=1S/C15H20O/c1-11-8-9-15(16,10-12-6-7-12)14-5-3-2-4-13(11)14/h2-5,11-12,16H,6-10H2,1H3. The first kappa shape index (κ1) is 10.3. The molecule has 0 aliphatic heterocycles. The van der Waals surface area contributed by atoms with E-state index in [2.05, 4.69) is 31.2 Å². The Balaban J connectivity index is 1.99. The second kappa shape index (κ2) is 3.59. The largest absolute Gasteiger partial charge is 0.385 e. The zero-order chi connectivity index (χ0) is 11.2. The number of hydrogen-bond donors (Lipinski definition) is 1. The van der Waals surface area contributed by atoms with E-state index >= 15 is 0 Å². The summed E-state index contributed by atoms with van der Waals surface area (Å²) in [5.74, 6) is 1.39. The first-order valence-electron chi connectivity index (χ1n) is 6.51. The number of benzene rings is 1. The lowest BCUT2D eigenvalue weighted by molar-refractivity contribution is 0.00176. The van der Waals surface area contributed by atoms with Crippen LogP contribution in [0.25, 0.3) is 0 Å². The van der Waals surface area contributed by atoms with Gasteiger partial charge in [-0.05, 0) is 42.2 Å². The number of hydrogen-bond acceptors (Lipinski definition) is 1. The van der Waals surface area contributed by atoms with Crippen molar-refractivity contribution in [3.63, 3.8) is 0 Å². The van der Waals surface area contributed by atoms with Gasteiger partial charge in [-0.15, -0.1) is 0 Å². The van der Waals surface area contributed by atoms with Crippen LogP contribution in [0, 0.1) is 5.92 Å². The van der Waals surface area contributed by atoms with Crippen molar-refractivity contribution in [3.05, 3.63) is 35.4 Å². The topological polar surface area (TPSA) is 20.2 Å². The molecule has 0 heterocycles. The highest BCUT2D eigenvalue weighted by Gasteiger charge is 2.40. The summed E-state index contributed by atoms with van der Waals surface area (Å²) in [6.07, 6.45) is 5.69. The molecule has 2 unspecified atom stereocenters. The number of aliphatic hydroxyl groups is 1. The second-order valence-corrected chi connectivity index (χ2v) is 5.71. The van der Waals surface area contributed by atoms with Crippen molar-refractivity contribution in [2.24, 2.45) is 5.92 Å². The Morgan fingerprint density at radius 1 is 1.25 bits per heavy atom. The maximum atomic E-state index is 10.9. The van der Waals surface area contributed by atoms with E-state index in [1.807, 2.05) is 0 Å². The Labute approximate surface area is 97.5 Å². The molecular formula is C15H20O. The van der Waals surface area contributed by atoms with Crippen LogP contribution in [-0.4, -0.2) is 5.11 Å². The Hall–Kier alpha value is -0.820. The molecule has 0 aromatic heterocycles. The van der Waals surface area contributed by atoms with Gasteiger partial charge in [0, 0.05) is 0 Å². The van der Waals surface area contributed by atoms with Gasteiger partial charge in [0.05, 0.1) is 5.60 Å². The average Bonchev–Trinajstić information content (AvgIpc) is 3.09. The lowest BCUT2D eigenvalue weighted by Gasteiger charge is -2.37. The van der Waals surface area contributed by atoms with Crippen molar-refractivity contribution in [2.75, 3.05) is 0 Å². The van der Waals surface area contributed by atoms with Crippen molar-refractivity contribution in [2.45, 2.75) is 50.5 Å². The van der Waals surface area contributed by atoms with E-state index in [1.165, 1.54) is 24.0 Å². The molecule has 1 fully saturated rings. The van der Waals surface area contributed by atoms with Crippen LogP contribution in [0.15, 0.2) is 24.3 Å². The molecule has 1 N–H and O–H groups in total. The molecule has 1 heteroatoms. The van der Waals surface area contributed by atoms with E-state index in [1.54, 1.807) is 0 Å². The molecule has 0 spiro atoms. The van der Waals surface area contributed by atoms with E-state index < -0.39 is 5.60 Å². The second-order valence-electron chi connectivity index (χ2n) is 5.71. The predicted octanol–water partition coefficient (Wildman–Crippen LogP) is 3.57. The van der Waals surface area contributed by atoms with Crippen molar-refractivity contribution in [1.82, 2.24) is 0 Å². The Morgan fingerprint density at radius 2 is 2.00 bits per heavy atom. The van der Waals surface area contributed by atoms with Gasteiger partial charge in [0.25, 0.3) is 0 Å². The molecule has 16 heavy (non-hydrogen) atoms. The minimum atomic E-state index is -0.524. The average molecular weight is 216 g/mol. The quantitative estimate of drug-likeness (QED) is 0.801. The summed E-state index contributed by atoms with van der Waals surface area (Å²) >= 11 is 0. The van der Waals surface area contributed by atoms with Crippen LogP contribution in [-0.2, 0) is 5.60 Å². The Bertz CT molecular complexity index is 394. The molecule has 3 rings (SSSR count). The third-order valence-corrected chi connectivity index (χ3v) is 4.31. The van der Waals surface area contributed by atoms with Crippen LogP contribution in [0.4, 0.5) is 0 Å². The van der Waals surface area contributed by atoms with Gasteiger partial charge in [-0.1, -0.05) is 44.0 Å². The zero-order valence-corrected chi connectivity index (χ0v) is 9.95. The summed E-state index contributed by atoms with van der Waals surface area (Å²) in [5.41, 5.74) is 2.06. The molecule has 0 radical (unpaired) electrons. The highest BCUT2D eigenvalue weighted by molar-refractivity contribution is 5.37. The summed E-state index contributed by atoms with van der Waals surface area (Å²) in [7, 11) is 0. The molecule has 0 bridgehead atoms. The molecule has 2 aliphatic carbocycles. The van der Waals surface area contributed by atoms with Gasteiger partial charge in [0.1, 0.15) is 0 Å². The predicted molar refractivity (Wildman–Crippen MR) is 65.3 cm³/mol. The number of fused-ring (bicyclic) bond motifs is 1. The Kier molecular flexibility index (Phi) is 2.32. The van der Waals surface area contributed by atoms with E-state index in [0.717, 1.165) is 25.2 Å². The lowest BCUT2D eigenvalue weighted by Crippen LogP contribution is -2.32. The van der Waals surface area contributed by atoms with Crippen LogP contribution in [0.3, 0.4) is 0 Å². The molecule has 0 saturated heterocycles. The fourth-order valence-corrected chi connectivity index (χ4v) is 3.11. The lowest BCUT2D eigenvalue weighted by atomic mass is 9.72. The van der Waals surface area contributed by atoms with Crippen LogP contribution in [0.1, 0.15) is 56.1 Å². The SMILES string of the molecule is CC1CCC(O)(CC2CC2)c2ccccc21. The molecule has 0 amide bonds. The molecule has 86 valence electrons. The van der Waals surface area contributed by atoms with Gasteiger partial charge < -0.3 is 5.11 Å². The number of rotatable bonds is 2. The van der Waals surface area contributed by atoms with Crippen LogP contribution in [0.2, 0.25) is 0 Å². The highest BCUT2D eigenvalue weighted by Crippen LogP contribution is 2.48. The first-order valence-corrected chi connectivity index (χ1v) is 6.51. The van der Waals surface area contributed by atoms with Crippen LogP contribution < -0.4 is 0 Å². The van der Waals surface area contributed by atoms with E-state index in [0.29, 0.717) is 5.92 Å². The minimum absolute atomic E-state index is 0.524. The molecule has 2 aliphatic rings. The van der Waals surface area contributed by atoms with E-state index in [-0.39, 0.29) is 0 Å². The fourth-order valence-electron chi connectivity index (χ4n) is 3.11. The molecular weight excluding hydrogens is 196 g/mol. The summed E-state index contributed by atoms with van der Waals surface area (Å²) in [4.78, 5) is 0. The normalized spacial score (nSPS) is 33.5. The van der Waals surface area contributed by atoms with Crippen LogP contribution in [0.5, 0.6) is 0 Å². The van der Waals surface area contributed by atoms with E-state index in [9.17, 15) is 5.11 Å². The molecule has 1 saturated carbocycles. The van der Waals surface area contributed by atoms with Gasteiger partial charge >= 0.3 is 0 Å². The maximum Gasteiger partial charge on any atom is 0.0902 e. The van der Waals surface area contributed by atoms with Crippen molar-refractivity contribution >= 4 is 0 Å². The smallest absolute Gasteiger partial charge is 0.0902 e. The van der Waals surface area contributed by atoms with Gasteiger partial charge in [0.15, 0.2) is 0 Å².